The molecule has 0 aliphatic rings. The molecule has 0 saturated carbocycles. The molecular formula is C17H15FN2S. The van der Waals surface area contributed by atoms with E-state index < -0.39 is 0 Å². The molecule has 1 heterocycles. The molecule has 0 unspecified atom stereocenters. The number of halogens is 1. The molecule has 3 aromatic rings. The second-order valence-corrected chi connectivity index (χ2v) is 5.95. The van der Waals surface area contributed by atoms with E-state index >= 15 is 0 Å². The Labute approximate surface area is 127 Å². The van der Waals surface area contributed by atoms with E-state index in [0.717, 1.165) is 26.7 Å². The summed E-state index contributed by atoms with van der Waals surface area (Å²) in [6, 6.07) is 14.7. The lowest BCUT2D eigenvalue weighted by Gasteiger charge is -2.03. The number of benzene rings is 2. The molecule has 0 amide bonds. The summed E-state index contributed by atoms with van der Waals surface area (Å²) in [4.78, 5) is 5.65. The first-order valence-electron chi connectivity index (χ1n) is 6.70. The van der Waals surface area contributed by atoms with Crippen LogP contribution in [0.4, 0.5) is 4.39 Å². The van der Waals surface area contributed by atoms with E-state index in [2.05, 4.69) is 36.2 Å². The minimum absolute atomic E-state index is 0.237. The summed E-state index contributed by atoms with van der Waals surface area (Å²) in [5.74, 6) is -0.237. The molecule has 106 valence electrons. The van der Waals surface area contributed by atoms with Crippen molar-refractivity contribution in [3.63, 3.8) is 0 Å². The van der Waals surface area contributed by atoms with Crippen LogP contribution < -0.4 is 5.73 Å². The summed E-state index contributed by atoms with van der Waals surface area (Å²) in [6.07, 6.45) is 0. The van der Waals surface area contributed by atoms with E-state index in [4.69, 9.17) is 5.73 Å². The van der Waals surface area contributed by atoms with Gasteiger partial charge in [0.1, 0.15) is 10.8 Å². The molecule has 2 N–H and O–H groups in total. The highest BCUT2D eigenvalue weighted by Gasteiger charge is 2.14. The van der Waals surface area contributed by atoms with Crippen LogP contribution >= 0.6 is 11.3 Å². The van der Waals surface area contributed by atoms with Crippen LogP contribution in [0, 0.1) is 12.7 Å². The van der Waals surface area contributed by atoms with E-state index in [0.29, 0.717) is 6.54 Å². The Kier molecular flexibility index (Phi) is 3.82. The molecule has 0 fully saturated rings. The van der Waals surface area contributed by atoms with Gasteiger partial charge in [0, 0.05) is 12.1 Å². The minimum atomic E-state index is -0.237. The van der Waals surface area contributed by atoms with Crippen LogP contribution in [0.5, 0.6) is 0 Å². The first kappa shape index (κ1) is 13.9. The van der Waals surface area contributed by atoms with Crippen LogP contribution in [0.3, 0.4) is 0 Å². The standard InChI is InChI=1S/C17H15FN2S/c1-11-2-4-12(5-3-11)16-17(21-15(10-19)20-16)13-6-8-14(18)9-7-13/h2-9H,10,19H2,1H3. The van der Waals surface area contributed by atoms with Gasteiger partial charge in [0.05, 0.1) is 10.6 Å². The van der Waals surface area contributed by atoms with Crippen molar-refractivity contribution in [2.75, 3.05) is 0 Å². The van der Waals surface area contributed by atoms with Crippen molar-refractivity contribution in [1.82, 2.24) is 4.98 Å². The molecule has 1 aromatic heterocycles. The highest BCUT2D eigenvalue weighted by atomic mass is 32.1. The van der Waals surface area contributed by atoms with Gasteiger partial charge >= 0.3 is 0 Å². The zero-order valence-corrected chi connectivity index (χ0v) is 12.5. The maximum absolute atomic E-state index is 13.1. The molecule has 0 radical (unpaired) electrons. The van der Waals surface area contributed by atoms with Gasteiger partial charge in [-0.05, 0) is 24.6 Å². The van der Waals surface area contributed by atoms with Gasteiger partial charge in [-0.2, -0.15) is 0 Å². The number of aromatic nitrogens is 1. The zero-order valence-electron chi connectivity index (χ0n) is 11.6. The normalized spacial score (nSPS) is 10.8. The fourth-order valence-electron chi connectivity index (χ4n) is 2.16. The lowest BCUT2D eigenvalue weighted by atomic mass is 10.1. The maximum Gasteiger partial charge on any atom is 0.123 e. The second-order valence-electron chi connectivity index (χ2n) is 4.86. The van der Waals surface area contributed by atoms with Crippen LogP contribution in [0.2, 0.25) is 0 Å². The first-order chi connectivity index (χ1) is 10.2. The van der Waals surface area contributed by atoms with Gasteiger partial charge in [0.2, 0.25) is 0 Å². The van der Waals surface area contributed by atoms with E-state index in [1.54, 1.807) is 23.5 Å². The lowest BCUT2D eigenvalue weighted by molar-refractivity contribution is 0.628. The van der Waals surface area contributed by atoms with Crippen LogP contribution in [-0.4, -0.2) is 4.98 Å². The van der Waals surface area contributed by atoms with Crippen LogP contribution in [0.25, 0.3) is 21.7 Å². The first-order valence-corrected chi connectivity index (χ1v) is 7.52. The molecule has 0 bridgehead atoms. The average molecular weight is 298 g/mol. The average Bonchev–Trinajstić information content (AvgIpc) is 2.93. The predicted molar refractivity (Wildman–Crippen MR) is 85.6 cm³/mol. The predicted octanol–water partition coefficient (Wildman–Crippen LogP) is 4.38. The number of hydrogen-bond donors (Lipinski definition) is 1. The van der Waals surface area contributed by atoms with Gasteiger partial charge in [0.15, 0.2) is 0 Å². The molecule has 4 heteroatoms. The smallest absolute Gasteiger partial charge is 0.123 e. The van der Waals surface area contributed by atoms with Crippen molar-refractivity contribution in [3.05, 3.63) is 64.9 Å². The number of aryl methyl sites for hydroxylation is 1. The summed E-state index contributed by atoms with van der Waals surface area (Å²) < 4.78 is 13.1. The molecule has 0 atom stereocenters. The molecule has 3 rings (SSSR count). The van der Waals surface area contributed by atoms with E-state index in [1.807, 2.05) is 0 Å². The molecule has 2 nitrogen and oxygen atoms in total. The fourth-order valence-corrected chi connectivity index (χ4v) is 3.13. The number of nitrogens with two attached hydrogens (primary N) is 1. The number of hydrogen-bond acceptors (Lipinski definition) is 3. The van der Waals surface area contributed by atoms with Crippen LogP contribution in [0.15, 0.2) is 48.5 Å². The summed E-state index contributed by atoms with van der Waals surface area (Å²) in [6.45, 7) is 2.46. The highest BCUT2D eigenvalue weighted by molar-refractivity contribution is 7.15. The van der Waals surface area contributed by atoms with Gasteiger partial charge < -0.3 is 5.73 Å². The summed E-state index contributed by atoms with van der Waals surface area (Å²) in [5.41, 5.74) is 9.85. The fraction of sp³-hybridized carbons (Fsp3) is 0.118. The minimum Gasteiger partial charge on any atom is -0.325 e. The maximum atomic E-state index is 13.1. The van der Waals surface area contributed by atoms with Crippen molar-refractivity contribution >= 4 is 11.3 Å². The highest BCUT2D eigenvalue weighted by Crippen LogP contribution is 2.36. The van der Waals surface area contributed by atoms with E-state index in [9.17, 15) is 4.39 Å². The third-order valence-corrected chi connectivity index (χ3v) is 4.40. The quantitative estimate of drug-likeness (QED) is 0.779. The van der Waals surface area contributed by atoms with E-state index in [1.165, 1.54) is 17.7 Å². The van der Waals surface area contributed by atoms with Crippen molar-refractivity contribution in [2.24, 2.45) is 5.73 Å². The molecule has 2 aromatic carbocycles. The topological polar surface area (TPSA) is 38.9 Å². The summed E-state index contributed by atoms with van der Waals surface area (Å²) >= 11 is 1.56. The van der Waals surface area contributed by atoms with Crippen molar-refractivity contribution in [1.29, 1.82) is 0 Å². The van der Waals surface area contributed by atoms with Gasteiger partial charge in [-0.25, -0.2) is 9.37 Å². The Bertz CT molecular complexity index is 682. The molecule has 0 saturated heterocycles. The molecular weight excluding hydrogens is 283 g/mol. The number of nitrogens with zero attached hydrogens (tertiary/aromatic N) is 1. The summed E-state index contributed by atoms with van der Waals surface area (Å²) in [7, 11) is 0. The van der Waals surface area contributed by atoms with Crippen molar-refractivity contribution in [3.8, 4) is 21.7 Å². The third kappa shape index (κ3) is 2.86. The van der Waals surface area contributed by atoms with Crippen LogP contribution in [-0.2, 0) is 6.54 Å². The largest absolute Gasteiger partial charge is 0.325 e. The van der Waals surface area contributed by atoms with Crippen molar-refractivity contribution in [2.45, 2.75) is 13.5 Å². The SMILES string of the molecule is Cc1ccc(-c2nc(CN)sc2-c2ccc(F)cc2)cc1. The molecule has 21 heavy (non-hydrogen) atoms. The summed E-state index contributed by atoms with van der Waals surface area (Å²) in [5, 5.41) is 0.880. The Morgan fingerprint density at radius 1 is 1.00 bits per heavy atom. The van der Waals surface area contributed by atoms with Gasteiger partial charge in [-0.1, -0.05) is 42.0 Å². The Balaban J connectivity index is 2.13. The monoisotopic (exact) mass is 298 g/mol. The second kappa shape index (κ2) is 5.76. The third-order valence-electron chi connectivity index (χ3n) is 3.28. The number of thiazole rings is 1. The van der Waals surface area contributed by atoms with Gasteiger partial charge in [-0.15, -0.1) is 11.3 Å². The van der Waals surface area contributed by atoms with Crippen molar-refractivity contribution < 1.29 is 4.39 Å². The Morgan fingerprint density at radius 2 is 1.62 bits per heavy atom. The molecule has 0 spiro atoms. The molecule has 0 aliphatic carbocycles. The number of rotatable bonds is 3. The van der Waals surface area contributed by atoms with Gasteiger partial charge in [0.25, 0.3) is 0 Å². The van der Waals surface area contributed by atoms with Gasteiger partial charge in [-0.3, -0.25) is 0 Å². The molecule has 0 aliphatic heterocycles. The van der Waals surface area contributed by atoms with E-state index in [-0.39, 0.29) is 5.82 Å². The Hall–Kier alpha value is -2.04. The lowest BCUT2D eigenvalue weighted by Crippen LogP contribution is -1.94. The van der Waals surface area contributed by atoms with Crippen LogP contribution in [0.1, 0.15) is 10.6 Å². The Morgan fingerprint density at radius 3 is 2.24 bits per heavy atom. The zero-order chi connectivity index (χ0) is 14.8.